The van der Waals surface area contributed by atoms with Crippen LogP contribution < -0.4 is 10.6 Å². The topological polar surface area (TPSA) is 47.6 Å². The highest BCUT2D eigenvalue weighted by molar-refractivity contribution is 5.83. The number of rotatable bonds is 3. The summed E-state index contributed by atoms with van der Waals surface area (Å²) in [5.41, 5.74) is 0.187. The average Bonchev–Trinajstić information content (AvgIpc) is 2.11. The zero-order valence-electron chi connectivity index (χ0n) is 7.63. The number of hydrogen-bond donors (Lipinski definition) is 1. The molecule has 0 bridgehead atoms. The Balaban J connectivity index is 3.21. The van der Waals surface area contributed by atoms with E-state index in [4.69, 9.17) is 10.6 Å². The number of ether oxygens (including phenoxy) is 1. The van der Waals surface area contributed by atoms with E-state index < -0.39 is 11.6 Å². The fraction of sp³-hybridized carbons (Fsp3) is 0.222. The SMILES string of the molecule is CCOc1c(F)cc(F)cc1C=NN. The minimum absolute atomic E-state index is 0.0388. The van der Waals surface area contributed by atoms with Gasteiger partial charge in [-0.2, -0.15) is 5.10 Å². The normalized spacial score (nSPS) is 10.8. The van der Waals surface area contributed by atoms with E-state index in [0.717, 1.165) is 18.3 Å². The monoisotopic (exact) mass is 200 g/mol. The van der Waals surface area contributed by atoms with Crippen LogP contribution in [-0.4, -0.2) is 12.8 Å². The maximum atomic E-state index is 13.2. The molecule has 0 atom stereocenters. The molecular weight excluding hydrogens is 190 g/mol. The molecule has 2 N–H and O–H groups in total. The van der Waals surface area contributed by atoms with E-state index in [1.807, 2.05) is 0 Å². The van der Waals surface area contributed by atoms with Gasteiger partial charge in [0.25, 0.3) is 0 Å². The fourth-order valence-corrected chi connectivity index (χ4v) is 1.05. The van der Waals surface area contributed by atoms with Crippen molar-refractivity contribution in [2.45, 2.75) is 6.92 Å². The Morgan fingerprint density at radius 1 is 1.50 bits per heavy atom. The Bertz CT molecular complexity index is 353. The van der Waals surface area contributed by atoms with Gasteiger partial charge in [-0.25, -0.2) is 8.78 Å². The fourth-order valence-electron chi connectivity index (χ4n) is 1.05. The highest BCUT2D eigenvalue weighted by Crippen LogP contribution is 2.22. The first-order valence-corrected chi connectivity index (χ1v) is 4.04. The molecule has 0 saturated carbocycles. The van der Waals surface area contributed by atoms with E-state index in [9.17, 15) is 8.78 Å². The highest BCUT2D eigenvalue weighted by Gasteiger charge is 2.10. The first-order valence-electron chi connectivity index (χ1n) is 4.04. The van der Waals surface area contributed by atoms with Gasteiger partial charge in [-0.15, -0.1) is 0 Å². The third-order valence-electron chi connectivity index (χ3n) is 1.54. The zero-order valence-corrected chi connectivity index (χ0v) is 7.63. The van der Waals surface area contributed by atoms with E-state index in [0.29, 0.717) is 0 Å². The molecule has 0 aliphatic carbocycles. The van der Waals surface area contributed by atoms with E-state index >= 15 is 0 Å². The lowest BCUT2D eigenvalue weighted by Gasteiger charge is -2.07. The van der Waals surface area contributed by atoms with Gasteiger partial charge in [-0.1, -0.05) is 0 Å². The second-order valence-corrected chi connectivity index (χ2v) is 2.52. The molecule has 0 amide bonds. The quantitative estimate of drug-likeness (QED) is 0.458. The summed E-state index contributed by atoms with van der Waals surface area (Å²) < 4.78 is 30.9. The van der Waals surface area contributed by atoms with Gasteiger partial charge < -0.3 is 10.6 Å². The molecule has 1 aromatic carbocycles. The van der Waals surface area contributed by atoms with Crippen molar-refractivity contribution in [2.75, 3.05) is 6.61 Å². The molecule has 1 rings (SSSR count). The molecule has 0 saturated heterocycles. The molecule has 0 radical (unpaired) electrons. The van der Waals surface area contributed by atoms with E-state index in [-0.39, 0.29) is 17.9 Å². The Hall–Kier alpha value is -1.65. The lowest BCUT2D eigenvalue weighted by Crippen LogP contribution is -2.01. The predicted octanol–water partition coefficient (Wildman–Crippen LogP) is 1.66. The lowest BCUT2D eigenvalue weighted by atomic mass is 10.2. The van der Waals surface area contributed by atoms with E-state index in [1.54, 1.807) is 6.92 Å². The Kier molecular flexibility index (Phi) is 3.39. The number of nitrogens with two attached hydrogens (primary N) is 1. The van der Waals surface area contributed by atoms with E-state index in [2.05, 4.69) is 5.10 Å². The summed E-state index contributed by atoms with van der Waals surface area (Å²) in [6.45, 7) is 1.99. The van der Waals surface area contributed by atoms with Crippen LogP contribution in [0.25, 0.3) is 0 Å². The number of nitrogens with zero attached hydrogens (tertiary/aromatic N) is 1. The summed E-state index contributed by atoms with van der Waals surface area (Å²) in [6, 6.07) is 1.85. The smallest absolute Gasteiger partial charge is 0.168 e. The van der Waals surface area contributed by atoms with Crippen LogP contribution in [0.15, 0.2) is 17.2 Å². The summed E-state index contributed by atoms with van der Waals surface area (Å²) in [5, 5.41) is 3.19. The van der Waals surface area contributed by atoms with Crippen LogP contribution in [0.1, 0.15) is 12.5 Å². The molecule has 0 fully saturated rings. The zero-order chi connectivity index (χ0) is 10.6. The molecule has 0 aliphatic heterocycles. The van der Waals surface area contributed by atoms with E-state index in [1.165, 1.54) is 0 Å². The summed E-state index contributed by atoms with van der Waals surface area (Å²) in [5.74, 6) is 3.40. The largest absolute Gasteiger partial charge is 0.490 e. The van der Waals surface area contributed by atoms with Crippen LogP contribution >= 0.6 is 0 Å². The Morgan fingerprint density at radius 2 is 2.21 bits per heavy atom. The van der Waals surface area contributed by atoms with Crippen LogP contribution in [-0.2, 0) is 0 Å². The first kappa shape index (κ1) is 10.4. The molecule has 0 spiro atoms. The molecule has 5 heteroatoms. The van der Waals surface area contributed by atoms with Crippen molar-refractivity contribution in [3.05, 3.63) is 29.3 Å². The lowest BCUT2D eigenvalue weighted by molar-refractivity contribution is 0.319. The van der Waals surface area contributed by atoms with Crippen molar-refractivity contribution in [3.63, 3.8) is 0 Å². The molecule has 1 aromatic rings. The van der Waals surface area contributed by atoms with Gasteiger partial charge in [-0.3, -0.25) is 0 Å². The van der Waals surface area contributed by atoms with Gasteiger partial charge in [0.15, 0.2) is 11.6 Å². The molecule has 0 unspecified atom stereocenters. The second kappa shape index (κ2) is 4.55. The molecule has 0 aliphatic rings. The molecule has 0 heterocycles. The van der Waals surface area contributed by atoms with Crippen LogP contribution in [0, 0.1) is 11.6 Å². The van der Waals surface area contributed by atoms with Gasteiger partial charge in [0.1, 0.15) is 5.82 Å². The Morgan fingerprint density at radius 3 is 2.79 bits per heavy atom. The van der Waals surface area contributed by atoms with Crippen molar-refractivity contribution in [2.24, 2.45) is 10.9 Å². The standard InChI is InChI=1S/C9H10F2N2O/c1-2-14-9-6(5-13-12)3-7(10)4-8(9)11/h3-5H,2,12H2,1H3. The van der Waals surface area contributed by atoms with Gasteiger partial charge in [-0.05, 0) is 13.0 Å². The predicted molar refractivity (Wildman–Crippen MR) is 49.3 cm³/mol. The maximum absolute atomic E-state index is 13.2. The highest BCUT2D eigenvalue weighted by atomic mass is 19.1. The first-order chi connectivity index (χ1) is 6.69. The van der Waals surface area contributed by atoms with Crippen molar-refractivity contribution < 1.29 is 13.5 Å². The van der Waals surface area contributed by atoms with Gasteiger partial charge >= 0.3 is 0 Å². The van der Waals surface area contributed by atoms with Crippen molar-refractivity contribution in [1.29, 1.82) is 0 Å². The third-order valence-corrected chi connectivity index (χ3v) is 1.54. The minimum atomic E-state index is -0.762. The van der Waals surface area contributed by atoms with Gasteiger partial charge in [0.05, 0.1) is 12.8 Å². The number of hydrazone groups is 1. The number of halogens is 2. The third kappa shape index (κ3) is 2.18. The van der Waals surface area contributed by atoms with Gasteiger partial charge in [0.2, 0.25) is 0 Å². The van der Waals surface area contributed by atoms with Crippen LogP contribution in [0.5, 0.6) is 5.75 Å². The Labute approximate surface area is 80.2 Å². The number of hydrogen-bond acceptors (Lipinski definition) is 3. The van der Waals surface area contributed by atoms with Crippen molar-refractivity contribution in [1.82, 2.24) is 0 Å². The molecule has 0 aromatic heterocycles. The molecule has 3 nitrogen and oxygen atoms in total. The summed E-state index contributed by atoms with van der Waals surface area (Å²) in [4.78, 5) is 0. The van der Waals surface area contributed by atoms with Crippen LogP contribution in [0.2, 0.25) is 0 Å². The van der Waals surface area contributed by atoms with Crippen molar-refractivity contribution >= 4 is 6.21 Å². The maximum Gasteiger partial charge on any atom is 0.168 e. The molecule has 76 valence electrons. The average molecular weight is 200 g/mol. The van der Waals surface area contributed by atoms with Crippen molar-refractivity contribution in [3.8, 4) is 5.75 Å². The minimum Gasteiger partial charge on any atom is -0.490 e. The van der Waals surface area contributed by atoms with Crippen LogP contribution in [0.3, 0.4) is 0 Å². The summed E-state index contributed by atoms with van der Waals surface area (Å²) in [6.07, 6.45) is 1.14. The van der Waals surface area contributed by atoms with Gasteiger partial charge in [0, 0.05) is 11.6 Å². The molecule has 14 heavy (non-hydrogen) atoms. The molecular formula is C9H10F2N2O. The van der Waals surface area contributed by atoms with Crippen LogP contribution in [0.4, 0.5) is 8.78 Å². The summed E-state index contributed by atoms with van der Waals surface area (Å²) >= 11 is 0. The second-order valence-electron chi connectivity index (χ2n) is 2.52. The summed E-state index contributed by atoms with van der Waals surface area (Å²) in [7, 11) is 0. The number of benzene rings is 1.